The molecule has 31 heavy (non-hydrogen) atoms. The molecule has 0 spiro atoms. The molecule has 2 heterocycles. The maximum Gasteiger partial charge on any atom is 0.262 e. The Kier molecular flexibility index (Phi) is 5.74. The summed E-state index contributed by atoms with van der Waals surface area (Å²) in [5.74, 6) is 1.71. The van der Waals surface area contributed by atoms with Gasteiger partial charge in [-0.3, -0.25) is 9.36 Å². The van der Waals surface area contributed by atoms with Gasteiger partial charge in [0.2, 0.25) is 0 Å². The third kappa shape index (κ3) is 3.90. The number of hydrogen-bond donors (Lipinski definition) is 0. The smallest absolute Gasteiger partial charge is 0.262 e. The first kappa shape index (κ1) is 20.6. The molecule has 7 heteroatoms. The first-order chi connectivity index (χ1) is 15.1. The van der Waals surface area contributed by atoms with Crippen LogP contribution in [0.1, 0.15) is 22.9 Å². The summed E-state index contributed by atoms with van der Waals surface area (Å²) in [6, 6.07) is 16.8. The van der Waals surface area contributed by atoms with E-state index >= 15 is 0 Å². The minimum absolute atomic E-state index is 0.104. The Bertz CT molecular complexity index is 1360. The highest BCUT2D eigenvalue weighted by molar-refractivity contribution is 7.18. The molecule has 0 atom stereocenters. The van der Waals surface area contributed by atoms with Gasteiger partial charge in [-0.05, 0) is 48.4 Å². The lowest BCUT2D eigenvalue weighted by Crippen LogP contribution is -2.23. The molecule has 0 aliphatic rings. The molecule has 156 valence electrons. The van der Waals surface area contributed by atoms with Crippen molar-refractivity contribution in [2.75, 3.05) is 14.2 Å². The van der Waals surface area contributed by atoms with E-state index in [0.717, 1.165) is 22.4 Å². The highest BCUT2D eigenvalue weighted by Gasteiger charge is 2.17. The van der Waals surface area contributed by atoms with Crippen LogP contribution in [0, 0.1) is 11.3 Å². The molecule has 0 saturated heterocycles. The molecule has 0 bridgehead atoms. The molecule has 4 rings (SSSR count). The zero-order valence-electron chi connectivity index (χ0n) is 17.5. The van der Waals surface area contributed by atoms with Gasteiger partial charge in [0.1, 0.15) is 10.7 Å². The fourth-order valence-electron chi connectivity index (χ4n) is 3.50. The van der Waals surface area contributed by atoms with Crippen molar-refractivity contribution >= 4 is 21.6 Å². The Balaban J connectivity index is 1.95. The van der Waals surface area contributed by atoms with Gasteiger partial charge >= 0.3 is 0 Å². The fourth-order valence-corrected chi connectivity index (χ4v) is 4.46. The van der Waals surface area contributed by atoms with Crippen molar-refractivity contribution in [1.29, 1.82) is 5.26 Å². The molecule has 0 amide bonds. The summed E-state index contributed by atoms with van der Waals surface area (Å²) in [7, 11) is 3.16. The largest absolute Gasteiger partial charge is 0.493 e. The number of aromatic nitrogens is 2. The van der Waals surface area contributed by atoms with Crippen LogP contribution in [-0.2, 0) is 13.0 Å². The van der Waals surface area contributed by atoms with Crippen LogP contribution in [0.25, 0.3) is 21.6 Å². The monoisotopic (exact) mass is 431 g/mol. The third-order valence-electron chi connectivity index (χ3n) is 5.09. The molecule has 4 aromatic rings. The maximum absolute atomic E-state index is 13.5. The summed E-state index contributed by atoms with van der Waals surface area (Å²) in [5.41, 5.74) is 2.05. The number of nitrogens with zero attached hydrogens (tertiary/aromatic N) is 3. The Labute approximate surface area is 183 Å². The van der Waals surface area contributed by atoms with Gasteiger partial charge in [0, 0.05) is 10.4 Å². The van der Waals surface area contributed by atoms with Crippen LogP contribution < -0.4 is 15.0 Å². The SMILES string of the molecule is CCc1cc2c(=O)n(Cc3cccc(C#N)c3)c(-c3ccc(OC)c(OC)c3)nc2s1. The quantitative estimate of drug-likeness (QED) is 0.445. The average molecular weight is 432 g/mol. The van der Waals surface area contributed by atoms with Gasteiger partial charge in [0.15, 0.2) is 11.5 Å². The first-order valence-electron chi connectivity index (χ1n) is 9.82. The number of methoxy groups -OCH3 is 2. The molecule has 6 nitrogen and oxygen atoms in total. The summed E-state index contributed by atoms with van der Waals surface area (Å²) in [6.45, 7) is 2.37. The molecule has 2 aromatic carbocycles. The standard InChI is InChI=1S/C24H21N3O3S/c1-4-18-12-19-23(31-18)26-22(17-8-9-20(29-2)21(11-17)30-3)27(24(19)28)14-16-7-5-6-15(10-16)13-25/h5-12H,4,14H2,1-3H3. The van der Waals surface area contributed by atoms with E-state index in [1.807, 2.05) is 30.3 Å². The lowest BCUT2D eigenvalue weighted by molar-refractivity contribution is 0.355. The Morgan fingerprint density at radius 2 is 1.90 bits per heavy atom. The molecule has 0 aliphatic carbocycles. The van der Waals surface area contributed by atoms with E-state index in [0.29, 0.717) is 39.6 Å². The van der Waals surface area contributed by atoms with Gasteiger partial charge in [0.05, 0.1) is 37.8 Å². The number of aryl methyl sites for hydroxylation is 1. The van der Waals surface area contributed by atoms with Crippen molar-refractivity contribution in [2.45, 2.75) is 19.9 Å². The Hall–Kier alpha value is -3.63. The van der Waals surface area contributed by atoms with Crippen LogP contribution in [0.2, 0.25) is 0 Å². The van der Waals surface area contributed by atoms with Crippen molar-refractivity contribution in [3.8, 4) is 29.0 Å². The predicted molar refractivity (Wildman–Crippen MR) is 122 cm³/mol. The molecular weight excluding hydrogens is 410 g/mol. The van der Waals surface area contributed by atoms with E-state index in [-0.39, 0.29) is 5.56 Å². The zero-order valence-corrected chi connectivity index (χ0v) is 18.3. The van der Waals surface area contributed by atoms with Crippen molar-refractivity contribution in [1.82, 2.24) is 9.55 Å². The fraction of sp³-hybridized carbons (Fsp3) is 0.208. The second-order valence-electron chi connectivity index (χ2n) is 6.99. The number of thiophene rings is 1. The second kappa shape index (κ2) is 8.62. The minimum Gasteiger partial charge on any atom is -0.493 e. The van der Waals surface area contributed by atoms with Crippen molar-refractivity contribution in [3.63, 3.8) is 0 Å². The number of benzene rings is 2. The molecule has 0 saturated carbocycles. The highest BCUT2D eigenvalue weighted by Crippen LogP contribution is 2.33. The summed E-state index contributed by atoms with van der Waals surface area (Å²) in [4.78, 5) is 20.2. The van der Waals surface area contributed by atoms with Crippen molar-refractivity contribution in [3.05, 3.63) is 74.9 Å². The van der Waals surface area contributed by atoms with Crippen LogP contribution in [0.3, 0.4) is 0 Å². The normalized spacial score (nSPS) is 10.8. The van der Waals surface area contributed by atoms with E-state index < -0.39 is 0 Å². The van der Waals surface area contributed by atoms with Gasteiger partial charge in [-0.15, -0.1) is 11.3 Å². The van der Waals surface area contributed by atoms with Gasteiger partial charge < -0.3 is 9.47 Å². The number of rotatable bonds is 6. The van der Waals surface area contributed by atoms with E-state index in [9.17, 15) is 10.1 Å². The number of fused-ring (bicyclic) bond motifs is 1. The zero-order chi connectivity index (χ0) is 22.0. The van der Waals surface area contributed by atoms with Crippen LogP contribution >= 0.6 is 11.3 Å². The second-order valence-corrected chi connectivity index (χ2v) is 8.11. The Morgan fingerprint density at radius 1 is 1.10 bits per heavy atom. The van der Waals surface area contributed by atoms with E-state index in [4.69, 9.17) is 14.5 Å². The van der Waals surface area contributed by atoms with E-state index in [1.165, 1.54) is 11.3 Å². The van der Waals surface area contributed by atoms with E-state index in [2.05, 4.69) is 13.0 Å². The summed E-state index contributed by atoms with van der Waals surface area (Å²) in [5, 5.41) is 9.85. The predicted octanol–water partition coefficient (Wildman–Crippen LogP) is 4.62. The van der Waals surface area contributed by atoms with Gasteiger partial charge in [-0.1, -0.05) is 19.1 Å². The molecule has 0 fully saturated rings. The molecule has 2 aromatic heterocycles. The lowest BCUT2D eigenvalue weighted by Gasteiger charge is -2.15. The minimum atomic E-state index is -0.104. The van der Waals surface area contributed by atoms with Gasteiger partial charge in [0.25, 0.3) is 5.56 Å². The average Bonchev–Trinajstić information content (AvgIpc) is 3.24. The van der Waals surface area contributed by atoms with Gasteiger partial charge in [-0.25, -0.2) is 4.98 Å². The van der Waals surface area contributed by atoms with Crippen molar-refractivity contribution < 1.29 is 9.47 Å². The van der Waals surface area contributed by atoms with E-state index in [1.54, 1.807) is 37.0 Å². The summed E-state index contributed by atoms with van der Waals surface area (Å²) >= 11 is 1.54. The lowest BCUT2D eigenvalue weighted by atomic mass is 10.1. The summed E-state index contributed by atoms with van der Waals surface area (Å²) < 4.78 is 12.5. The molecule has 0 unspecified atom stereocenters. The Morgan fingerprint density at radius 3 is 2.61 bits per heavy atom. The molecule has 0 N–H and O–H groups in total. The number of hydrogen-bond acceptors (Lipinski definition) is 6. The van der Waals surface area contributed by atoms with Crippen LogP contribution in [0.5, 0.6) is 11.5 Å². The highest BCUT2D eigenvalue weighted by atomic mass is 32.1. The number of nitriles is 1. The molecular formula is C24H21N3O3S. The topological polar surface area (TPSA) is 77.1 Å². The molecule has 0 aliphatic heterocycles. The van der Waals surface area contributed by atoms with Crippen LogP contribution in [-0.4, -0.2) is 23.8 Å². The number of ether oxygens (including phenoxy) is 2. The van der Waals surface area contributed by atoms with Gasteiger partial charge in [-0.2, -0.15) is 5.26 Å². The molecule has 0 radical (unpaired) electrons. The van der Waals surface area contributed by atoms with Crippen molar-refractivity contribution in [2.24, 2.45) is 0 Å². The first-order valence-corrected chi connectivity index (χ1v) is 10.6. The summed E-state index contributed by atoms with van der Waals surface area (Å²) in [6.07, 6.45) is 0.844. The van der Waals surface area contributed by atoms with Crippen LogP contribution in [0.15, 0.2) is 53.3 Å². The van der Waals surface area contributed by atoms with Crippen LogP contribution in [0.4, 0.5) is 0 Å². The third-order valence-corrected chi connectivity index (χ3v) is 6.26. The maximum atomic E-state index is 13.5.